The first kappa shape index (κ1) is 17.9. The fourth-order valence-electron chi connectivity index (χ4n) is 3.28. The van der Waals surface area contributed by atoms with E-state index in [0.29, 0.717) is 19.4 Å². The Bertz CT molecular complexity index is 1060. The molecule has 28 heavy (non-hydrogen) atoms. The van der Waals surface area contributed by atoms with E-state index in [0.717, 1.165) is 29.1 Å². The first-order valence-corrected chi connectivity index (χ1v) is 9.49. The summed E-state index contributed by atoms with van der Waals surface area (Å²) in [6, 6.07) is 24.0. The second kappa shape index (κ2) is 8.48. The van der Waals surface area contributed by atoms with Gasteiger partial charge in [0.2, 0.25) is 5.91 Å². The summed E-state index contributed by atoms with van der Waals surface area (Å²) < 4.78 is 2.03. The molecule has 4 rings (SSSR count). The minimum Gasteiger partial charge on any atom is -0.356 e. The Hall–Kier alpha value is -3.47. The number of hydrogen-bond acceptors (Lipinski definition) is 3. The van der Waals surface area contributed by atoms with Gasteiger partial charge >= 0.3 is 0 Å². The van der Waals surface area contributed by atoms with Gasteiger partial charge < -0.3 is 5.32 Å². The highest BCUT2D eigenvalue weighted by Crippen LogP contribution is 2.20. The van der Waals surface area contributed by atoms with E-state index >= 15 is 0 Å². The number of hydrogen-bond donors (Lipinski definition) is 1. The zero-order valence-corrected chi connectivity index (χ0v) is 15.6. The Morgan fingerprint density at radius 3 is 2.43 bits per heavy atom. The molecule has 1 amide bonds. The largest absolute Gasteiger partial charge is 0.356 e. The zero-order valence-electron chi connectivity index (χ0n) is 15.6. The minimum atomic E-state index is 0.0376. The summed E-state index contributed by atoms with van der Waals surface area (Å²) >= 11 is 0. The maximum atomic E-state index is 12.3. The first-order valence-electron chi connectivity index (χ1n) is 9.49. The molecule has 0 unspecified atom stereocenters. The monoisotopic (exact) mass is 370 g/mol. The number of carbonyl (C=O) groups is 1. The number of aryl methyl sites for hydroxylation is 1. The number of pyridine rings is 1. The van der Waals surface area contributed by atoms with Gasteiger partial charge in [0.1, 0.15) is 11.3 Å². The van der Waals surface area contributed by atoms with Gasteiger partial charge in [-0.25, -0.2) is 9.97 Å². The molecule has 2 heterocycles. The maximum absolute atomic E-state index is 12.3. The van der Waals surface area contributed by atoms with E-state index in [1.54, 1.807) is 6.20 Å². The Labute approximate surface area is 164 Å². The highest BCUT2D eigenvalue weighted by atomic mass is 16.1. The van der Waals surface area contributed by atoms with Crippen molar-refractivity contribution in [2.24, 2.45) is 0 Å². The molecule has 0 saturated heterocycles. The molecule has 0 saturated carbocycles. The predicted molar refractivity (Wildman–Crippen MR) is 110 cm³/mol. The maximum Gasteiger partial charge on any atom is 0.220 e. The number of para-hydroxylation sites is 1. The van der Waals surface area contributed by atoms with E-state index in [9.17, 15) is 4.79 Å². The molecule has 4 aromatic rings. The van der Waals surface area contributed by atoms with Crippen molar-refractivity contribution in [3.8, 4) is 5.69 Å². The van der Waals surface area contributed by atoms with Gasteiger partial charge in [-0.3, -0.25) is 9.36 Å². The molecule has 5 heteroatoms. The van der Waals surface area contributed by atoms with E-state index in [4.69, 9.17) is 4.98 Å². The van der Waals surface area contributed by atoms with Gasteiger partial charge in [0.05, 0.1) is 0 Å². The predicted octanol–water partition coefficient (Wildman–Crippen LogP) is 3.71. The van der Waals surface area contributed by atoms with Crippen LogP contribution in [0.2, 0.25) is 0 Å². The van der Waals surface area contributed by atoms with Crippen molar-refractivity contribution in [2.45, 2.75) is 19.3 Å². The van der Waals surface area contributed by atoms with Crippen LogP contribution in [0.15, 0.2) is 79.0 Å². The van der Waals surface area contributed by atoms with Crippen molar-refractivity contribution < 1.29 is 4.79 Å². The van der Waals surface area contributed by atoms with Crippen LogP contribution < -0.4 is 5.32 Å². The van der Waals surface area contributed by atoms with Crippen molar-refractivity contribution in [1.82, 2.24) is 19.9 Å². The lowest BCUT2D eigenvalue weighted by Gasteiger charge is -2.09. The number of nitrogens with zero attached hydrogens (tertiary/aromatic N) is 3. The highest BCUT2D eigenvalue weighted by Gasteiger charge is 2.14. The molecule has 140 valence electrons. The number of fused-ring (bicyclic) bond motifs is 1. The average molecular weight is 370 g/mol. The quantitative estimate of drug-likeness (QED) is 0.539. The lowest BCUT2D eigenvalue weighted by atomic mass is 10.1. The first-order chi connectivity index (χ1) is 13.8. The van der Waals surface area contributed by atoms with Gasteiger partial charge in [0, 0.05) is 31.3 Å². The SMILES string of the molecule is O=C(CCc1nc2cccnc2n1-c1ccccc1)NCCc1ccccc1. The topological polar surface area (TPSA) is 59.8 Å². The Kier molecular flexibility index (Phi) is 5.43. The van der Waals surface area contributed by atoms with Crippen molar-refractivity contribution >= 4 is 17.1 Å². The van der Waals surface area contributed by atoms with Crippen LogP contribution in [0.25, 0.3) is 16.9 Å². The summed E-state index contributed by atoms with van der Waals surface area (Å²) in [6.45, 7) is 0.638. The number of imidazole rings is 1. The smallest absolute Gasteiger partial charge is 0.220 e. The average Bonchev–Trinajstić information content (AvgIpc) is 3.12. The molecule has 0 atom stereocenters. The van der Waals surface area contributed by atoms with E-state index in [1.807, 2.05) is 65.2 Å². The number of amides is 1. The van der Waals surface area contributed by atoms with Gasteiger partial charge in [-0.1, -0.05) is 48.5 Å². The fraction of sp³-hybridized carbons (Fsp3) is 0.174. The molecule has 5 nitrogen and oxygen atoms in total. The second-order valence-corrected chi connectivity index (χ2v) is 6.63. The molecule has 0 aliphatic heterocycles. The van der Waals surface area contributed by atoms with E-state index < -0.39 is 0 Å². The molecule has 0 aliphatic carbocycles. The normalized spacial score (nSPS) is 10.9. The van der Waals surface area contributed by atoms with Crippen LogP contribution in [0.5, 0.6) is 0 Å². The molecular formula is C23H22N4O. The van der Waals surface area contributed by atoms with E-state index in [2.05, 4.69) is 22.4 Å². The molecule has 1 N–H and O–H groups in total. The van der Waals surface area contributed by atoms with Gasteiger partial charge in [-0.2, -0.15) is 0 Å². The van der Waals surface area contributed by atoms with Crippen LogP contribution in [0.4, 0.5) is 0 Å². The van der Waals surface area contributed by atoms with Crippen molar-refractivity contribution in [2.75, 3.05) is 6.54 Å². The van der Waals surface area contributed by atoms with Crippen LogP contribution in [0.1, 0.15) is 17.8 Å². The third kappa shape index (κ3) is 4.09. The van der Waals surface area contributed by atoms with Crippen LogP contribution in [0.3, 0.4) is 0 Å². The lowest BCUT2D eigenvalue weighted by molar-refractivity contribution is -0.121. The van der Waals surface area contributed by atoms with Crippen molar-refractivity contribution in [1.29, 1.82) is 0 Å². The number of carbonyl (C=O) groups excluding carboxylic acids is 1. The number of aromatic nitrogens is 3. The number of rotatable bonds is 7. The van der Waals surface area contributed by atoms with Crippen LogP contribution in [-0.4, -0.2) is 27.0 Å². The number of nitrogens with one attached hydrogen (secondary N) is 1. The second-order valence-electron chi connectivity index (χ2n) is 6.63. The molecule has 2 aromatic heterocycles. The lowest BCUT2D eigenvalue weighted by Crippen LogP contribution is -2.26. The molecule has 0 fully saturated rings. The van der Waals surface area contributed by atoms with Crippen molar-refractivity contribution in [3.63, 3.8) is 0 Å². The van der Waals surface area contributed by atoms with E-state index in [1.165, 1.54) is 5.56 Å². The summed E-state index contributed by atoms with van der Waals surface area (Å²) in [5.41, 5.74) is 3.88. The van der Waals surface area contributed by atoms with Gasteiger partial charge in [0.15, 0.2) is 5.65 Å². The zero-order chi connectivity index (χ0) is 19.2. The molecule has 0 radical (unpaired) electrons. The Morgan fingerprint density at radius 2 is 1.64 bits per heavy atom. The molecule has 0 spiro atoms. The van der Waals surface area contributed by atoms with E-state index in [-0.39, 0.29) is 5.91 Å². The molecule has 0 bridgehead atoms. The molecule has 2 aromatic carbocycles. The highest BCUT2D eigenvalue weighted by molar-refractivity contribution is 5.77. The Morgan fingerprint density at radius 1 is 0.893 bits per heavy atom. The standard InChI is InChI=1S/C23H22N4O/c28-22(24-17-15-18-8-3-1-4-9-18)14-13-21-26-20-12-7-16-25-23(20)27(21)19-10-5-2-6-11-19/h1-12,16H,13-15,17H2,(H,24,28). The summed E-state index contributed by atoms with van der Waals surface area (Å²) in [4.78, 5) is 21.5. The van der Waals surface area contributed by atoms with Gasteiger partial charge in [-0.15, -0.1) is 0 Å². The third-order valence-corrected chi connectivity index (χ3v) is 4.65. The summed E-state index contributed by atoms with van der Waals surface area (Å²) in [6.07, 6.45) is 3.55. The minimum absolute atomic E-state index is 0.0376. The summed E-state index contributed by atoms with van der Waals surface area (Å²) in [5.74, 6) is 0.883. The summed E-state index contributed by atoms with van der Waals surface area (Å²) in [7, 11) is 0. The Balaban J connectivity index is 1.44. The van der Waals surface area contributed by atoms with Gasteiger partial charge in [0.25, 0.3) is 0 Å². The van der Waals surface area contributed by atoms with Crippen LogP contribution in [0, 0.1) is 0 Å². The van der Waals surface area contributed by atoms with Gasteiger partial charge in [-0.05, 0) is 36.2 Å². The summed E-state index contributed by atoms with van der Waals surface area (Å²) in [5, 5.41) is 3.00. The fourth-order valence-corrected chi connectivity index (χ4v) is 3.28. The molecular weight excluding hydrogens is 348 g/mol. The third-order valence-electron chi connectivity index (χ3n) is 4.65. The van der Waals surface area contributed by atoms with Crippen molar-refractivity contribution in [3.05, 3.63) is 90.4 Å². The molecule has 0 aliphatic rings. The number of benzene rings is 2. The van der Waals surface area contributed by atoms with Crippen LogP contribution in [-0.2, 0) is 17.6 Å². The van der Waals surface area contributed by atoms with Crippen LogP contribution >= 0.6 is 0 Å².